The van der Waals surface area contributed by atoms with Crippen molar-refractivity contribution in [2.24, 2.45) is 0 Å². The fourth-order valence-corrected chi connectivity index (χ4v) is 1.77. The van der Waals surface area contributed by atoms with E-state index in [9.17, 15) is 9.18 Å². The lowest BCUT2D eigenvalue weighted by atomic mass is 10.2. The second-order valence-electron chi connectivity index (χ2n) is 4.69. The normalized spacial score (nSPS) is 10.3. The number of rotatable bonds is 7. The molecule has 1 amide bonds. The molecule has 0 saturated carbocycles. The number of halogens is 1. The van der Waals surface area contributed by atoms with Crippen LogP contribution >= 0.6 is 0 Å². The predicted molar refractivity (Wildman–Crippen MR) is 81.1 cm³/mol. The van der Waals surface area contributed by atoms with Crippen molar-refractivity contribution in [3.05, 3.63) is 54.0 Å². The lowest BCUT2D eigenvalue weighted by Crippen LogP contribution is -2.26. The molecule has 0 aliphatic carbocycles. The summed E-state index contributed by atoms with van der Waals surface area (Å²) >= 11 is 0. The standard InChI is InChI=1S/C16H18FN3O2/c1-18-8-7-15(21)20-11-12-6-9-19-16(10-12)22-14-4-2-13(17)3-5-14/h2-6,9-10,18H,7-8,11H2,1H3,(H,20,21). The number of aromatic nitrogens is 1. The zero-order chi connectivity index (χ0) is 15.8. The Labute approximate surface area is 128 Å². The molecule has 116 valence electrons. The summed E-state index contributed by atoms with van der Waals surface area (Å²) in [5.74, 6) is 0.559. The van der Waals surface area contributed by atoms with Gasteiger partial charge < -0.3 is 15.4 Å². The van der Waals surface area contributed by atoms with Crippen molar-refractivity contribution < 1.29 is 13.9 Å². The number of hydrogen-bond donors (Lipinski definition) is 2. The summed E-state index contributed by atoms with van der Waals surface area (Å²) in [4.78, 5) is 15.6. The number of nitrogens with zero attached hydrogens (tertiary/aromatic N) is 1. The van der Waals surface area contributed by atoms with E-state index in [2.05, 4.69) is 15.6 Å². The molecule has 5 nitrogen and oxygen atoms in total. The van der Waals surface area contributed by atoms with Crippen LogP contribution < -0.4 is 15.4 Å². The van der Waals surface area contributed by atoms with Gasteiger partial charge in [0.15, 0.2) is 0 Å². The van der Waals surface area contributed by atoms with Gasteiger partial charge in [-0.25, -0.2) is 9.37 Å². The van der Waals surface area contributed by atoms with Crippen molar-refractivity contribution in [3.8, 4) is 11.6 Å². The van der Waals surface area contributed by atoms with Crippen molar-refractivity contribution in [1.29, 1.82) is 0 Å². The third-order valence-corrected chi connectivity index (χ3v) is 2.93. The van der Waals surface area contributed by atoms with Gasteiger partial charge in [0.25, 0.3) is 0 Å². The minimum atomic E-state index is -0.321. The molecule has 22 heavy (non-hydrogen) atoms. The van der Waals surface area contributed by atoms with Crippen LogP contribution in [0.1, 0.15) is 12.0 Å². The van der Waals surface area contributed by atoms with E-state index in [0.717, 1.165) is 5.56 Å². The second kappa shape index (κ2) is 8.09. The smallest absolute Gasteiger partial charge is 0.221 e. The van der Waals surface area contributed by atoms with Crippen molar-refractivity contribution >= 4 is 5.91 Å². The number of amides is 1. The number of nitrogens with one attached hydrogen (secondary N) is 2. The van der Waals surface area contributed by atoms with Gasteiger partial charge in [-0.05, 0) is 42.9 Å². The first kappa shape index (κ1) is 15.9. The number of ether oxygens (including phenoxy) is 1. The first-order valence-electron chi connectivity index (χ1n) is 6.97. The monoisotopic (exact) mass is 303 g/mol. The van der Waals surface area contributed by atoms with Crippen molar-refractivity contribution in [3.63, 3.8) is 0 Å². The molecule has 0 fully saturated rings. The minimum Gasteiger partial charge on any atom is -0.439 e. The molecule has 0 aliphatic rings. The Balaban J connectivity index is 1.92. The number of benzene rings is 1. The zero-order valence-corrected chi connectivity index (χ0v) is 12.3. The molecule has 0 saturated heterocycles. The Kier molecular flexibility index (Phi) is 5.85. The van der Waals surface area contributed by atoms with Crippen LogP contribution in [0.4, 0.5) is 4.39 Å². The largest absolute Gasteiger partial charge is 0.439 e. The van der Waals surface area contributed by atoms with Gasteiger partial charge in [0, 0.05) is 31.8 Å². The Hall–Kier alpha value is -2.47. The summed E-state index contributed by atoms with van der Waals surface area (Å²) in [6, 6.07) is 9.24. The van der Waals surface area contributed by atoms with E-state index >= 15 is 0 Å². The highest BCUT2D eigenvalue weighted by Crippen LogP contribution is 2.20. The second-order valence-corrected chi connectivity index (χ2v) is 4.69. The molecular weight excluding hydrogens is 285 g/mol. The van der Waals surface area contributed by atoms with Gasteiger partial charge in [-0.3, -0.25) is 4.79 Å². The van der Waals surface area contributed by atoms with Crippen LogP contribution in [0, 0.1) is 5.82 Å². The molecule has 0 bridgehead atoms. The lowest BCUT2D eigenvalue weighted by Gasteiger charge is -2.08. The van der Waals surface area contributed by atoms with Crippen LogP contribution in [0.25, 0.3) is 0 Å². The SMILES string of the molecule is CNCCC(=O)NCc1ccnc(Oc2ccc(F)cc2)c1. The molecular formula is C16H18FN3O2. The number of carbonyl (C=O) groups excluding carboxylic acids is 1. The average Bonchev–Trinajstić information content (AvgIpc) is 2.53. The van der Waals surface area contributed by atoms with E-state index in [0.29, 0.717) is 31.1 Å². The topological polar surface area (TPSA) is 63.2 Å². The lowest BCUT2D eigenvalue weighted by molar-refractivity contribution is -0.121. The van der Waals surface area contributed by atoms with Gasteiger partial charge >= 0.3 is 0 Å². The van der Waals surface area contributed by atoms with Gasteiger partial charge in [0.05, 0.1) is 0 Å². The molecule has 1 aromatic carbocycles. The Morgan fingerprint density at radius 3 is 2.77 bits per heavy atom. The van der Waals surface area contributed by atoms with Gasteiger partial charge in [-0.2, -0.15) is 0 Å². The van der Waals surface area contributed by atoms with Crippen molar-refractivity contribution in [2.45, 2.75) is 13.0 Å². The van der Waals surface area contributed by atoms with Gasteiger partial charge in [0.2, 0.25) is 11.8 Å². The van der Waals surface area contributed by atoms with Gasteiger partial charge in [0.1, 0.15) is 11.6 Å². The van der Waals surface area contributed by atoms with Crippen LogP contribution in [0.15, 0.2) is 42.6 Å². The van der Waals surface area contributed by atoms with Crippen LogP contribution in [0.3, 0.4) is 0 Å². The molecule has 2 aromatic rings. The molecule has 0 atom stereocenters. The summed E-state index contributed by atoms with van der Waals surface area (Å²) in [6.07, 6.45) is 2.04. The van der Waals surface area contributed by atoms with E-state index in [-0.39, 0.29) is 11.7 Å². The first-order chi connectivity index (χ1) is 10.7. The number of pyridine rings is 1. The molecule has 2 N–H and O–H groups in total. The summed E-state index contributed by atoms with van der Waals surface area (Å²) in [7, 11) is 1.80. The van der Waals surface area contributed by atoms with Crippen molar-refractivity contribution in [2.75, 3.05) is 13.6 Å². The third kappa shape index (κ3) is 5.14. The van der Waals surface area contributed by atoms with E-state index in [1.807, 2.05) is 0 Å². The first-order valence-corrected chi connectivity index (χ1v) is 6.97. The summed E-state index contributed by atoms with van der Waals surface area (Å²) in [5.41, 5.74) is 0.880. The third-order valence-electron chi connectivity index (χ3n) is 2.93. The highest BCUT2D eigenvalue weighted by atomic mass is 19.1. The fraction of sp³-hybridized carbons (Fsp3) is 0.250. The van der Waals surface area contributed by atoms with E-state index in [1.165, 1.54) is 24.3 Å². The average molecular weight is 303 g/mol. The quantitative estimate of drug-likeness (QED) is 0.823. The zero-order valence-electron chi connectivity index (χ0n) is 12.3. The maximum Gasteiger partial charge on any atom is 0.221 e. The minimum absolute atomic E-state index is 0.0211. The summed E-state index contributed by atoms with van der Waals surface area (Å²) in [5, 5.41) is 5.74. The maximum atomic E-state index is 12.8. The molecule has 6 heteroatoms. The number of carbonyl (C=O) groups is 1. The number of hydrogen-bond acceptors (Lipinski definition) is 4. The Morgan fingerprint density at radius 2 is 2.05 bits per heavy atom. The van der Waals surface area contributed by atoms with Crippen LogP contribution in [-0.2, 0) is 11.3 Å². The Morgan fingerprint density at radius 1 is 1.27 bits per heavy atom. The van der Waals surface area contributed by atoms with E-state index < -0.39 is 0 Å². The molecule has 0 radical (unpaired) electrons. The fourth-order valence-electron chi connectivity index (χ4n) is 1.77. The molecule has 0 spiro atoms. The van der Waals surface area contributed by atoms with Crippen LogP contribution in [0.2, 0.25) is 0 Å². The van der Waals surface area contributed by atoms with Gasteiger partial charge in [-0.1, -0.05) is 0 Å². The molecule has 0 unspecified atom stereocenters. The summed E-state index contributed by atoms with van der Waals surface area (Å²) in [6.45, 7) is 1.05. The Bertz CT molecular complexity index is 617. The molecule has 2 rings (SSSR count). The molecule has 0 aliphatic heterocycles. The summed E-state index contributed by atoms with van der Waals surface area (Å²) < 4.78 is 18.4. The molecule has 1 heterocycles. The maximum absolute atomic E-state index is 12.8. The van der Waals surface area contributed by atoms with Crippen molar-refractivity contribution in [1.82, 2.24) is 15.6 Å². The van der Waals surface area contributed by atoms with E-state index in [4.69, 9.17) is 4.74 Å². The highest BCUT2D eigenvalue weighted by Gasteiger charge is 2.03. The van der Waals surface area contributed by atoms with Crippen LogP contribution in [-0.4, -0.2) is 24.5 Å². The molecule has 1 aromatic heterocycles. The van der Waals surface area contributed by atoms with E-state index in [1.54, 1.807) is 25.4 Å². The van der Waals surface area contributed by atoms with Crippen LogP contribution in [0.5, 0.6) is 11.6 Å². The van der Waals surface area contributed by atoms with Gasteiger partial charge in [-0.15, -0.1) is 0 Å². The predicted octanol–water partition coefficient (Wildman–Crippen LogP) is 2.24. The highest BCUT2D eigenvalue weighted by molar-refractivity contribution is 5.76.